The molecule has 0 radical (unpaired) electrons. The highest BCUT2D eigenvalue weighted by atomic mass is 16.5. The molecular formula is C22H22N6O. The molecule has 5 rings (SSSR count). The Morgan fingerprint density at radius 2 is 2.14 bits per heavy atom. The number of nitriles is 1. The van der Waals surface area contributed by atoms with Gasteiger partial charge in [0.15, 0.2) is 5.82 Å². The molecule has 1 saturated carbocycles. The Balaban J connectivity index is 1.72. The molecule has 0 saturated heterocycles. The number of hydrogen-bond donors (Lipinski definition) is 1. The van der Waals surface area contributed by atoms with E-state index in [0.29, 0.717) is 23.2 Å². The van der Waals surface area contributed by atoms with E-state index in [1.54, 1.807) is 17.9 Å². The average molecular weight is 386 g/mol. The number of ether oxygens (including phenoxy) is 1. The summed E-state index contributed by atoms with van der Waals surface area (Å²) in [6.07, 6.45) is 3.30. The first-order chi connectivity index (χ1) is 14.0. The Morgan fingerprint density at radius 1 is 1.31 bits per heavy atom. The number of aromatic nitrogens is 4. The second kappa shape index (κ2) is 6.31. The van der Waals surface area contributed by atoms with Crippen LogP contribution in [-0.4, -0.2) is 19.7 Å². The topological polar surface area (TPSA) is 103 Å². The highest BCUT2D eigenvalue weighted by molar-refractivity contribution is 5.69. The van der Waals surface area contributed by atoms with Gasteiger partial charge in [0, 0.05) is 7.05 Å². The lowest BCUT2D eigenvalue weighted by atomic mass is 9.95. The summed E-state index contributed by atoms with van der Waals surface area (Å²) in [4.78, 5) is 8.93. The third-order valence-electron chi connectivity index (χ3n) is 6.00. The number of aryl methyl sites for hydroxylation is 2. The largest absolute Gasteiger partial charge is 0.467 e. The smallest absolute Gasteiger partial charge is 0.258 e. The van der Waals surface area contributed by atoms with Crippen molar-refractivity contribution in [2.24, 2.45) is 13.0 Å². The number of nitrogens with two attached hydrogens (primary N) is 1. The van der Waals surface area contributed by atoms with Crippen LogP contribution in [0.5, 0.6) is 5.88 Å². The van der Waals surface area contributed by atoms with Gasteiger partial charge in [-0.15, -0.1) is 0 Å². The molecule has 2 aliphatic rings. The third-order valence-corrected chi connectivity index (χ3v) is 6.00. The highest BCUT2D eigenvalue weighted by Crippen LogP contribution is 2.52. The highest BCUT2D eigenvalue weighted by Gasteiger charge is 2.41. The Morgan fingerprint density at radius 3 is 2.93 bits per heavy atom. The minimum absolute atomic E-state index is 0.207. The van der Waals surface area contributed by atoms with Crippen LogP contribution in [0.25, 0.3) is 11.3 Å². The van der Waals surface area contributed by atoms with Gasteiger partial charge in [-0.25, -0.2) is 9.97 Å². The van der Waals surface area contributed by atoms with Gasteiger partial charge in [-0.05, 0) is 49.7 Å². The van der Waals surface area contributed by atoms with Gasteiger partial charge >= 0.3 is 0 Å². The van der Waals surface area contributed by atoms with Gasteiger partial charge in [0.1, 0.15) is 17.9 Å². The average Bonchev–Trinajstić information content (AvgIpc) is 3.37. The van der Waals surface area contributed by atoms with Gasteiger partial charge in [0.05, 0.1) is 23.1 Å². The maximum Gasteiger partial charge on any atom is 0.258 e. The number of fused-ring (bicyclic) bond motifs is 7. The Bertz CT molecular complexity index is 1170. The normalized spacial score (nSPS) is 22.1. The van der Waals surface area contributed by atoms with Crippen LogP contribution < -0.4 is 10.5 Å². The van der Waals surface area contributed by atoms with Crippen molar-refractivity contribution in [2.45, 2.75) is 38.7 Å². The van der Waals surface area contributed by atoms with Crippen LogP contribution in [0, 0.1) is 24.2 Å². The van der Waals surface area contributed by atoms with E-state index in [0.717, 1.165) is 24.1 Å². The molecule has 3 aromatic rings. The summed E-state index contributed by atoms with van der Waals surface area (Å²) < 4.78 is 7.82. The number of benzene rings is 1. The third kappa shape index (κ3) is 2.83. The van der Waals surface area contributed by atoms with E-state index in [9.17, 15) is 5.26 Å². The van der Waals surface area contributed by atoms with E-state index in [4.69, 9.17) is 10.5 Å². The standard InChI is InChI=1S/C22H22N6O/c1-11-4-5-14-15(6-11)12(2)29-22-21(24)25-10-18(26-22)20-17(8-13-7-16(13)14)27-28(3)19(20)9-23/h4-6,10,12-13,16H,7-8H2,1-3H3,(H2,24,25)/t12-,13?,16?/m1/s1. The van der Waals surface area contributed by atoms with Gasteiger partial charge < -0.3 is 10.5 Å². The lowest BCUT2D eigenvalue weighted by molar-refractivity contribution is 0.217. The molecule has 3 heterocycles. The van der Waals surface area contributed by atoms with Gasteiger partial charge in [-0.2, -0.15) is 10.4 Å². The zero-order valence-electron chi connectivity index (χ0n) is 16.7. The zero-order valence-corrected chi connectivity index (χ0v) is 16.7. The lowest BCUT2D eigenvalue weighted by Crippen LogP contribution is -2.11. The maximum absolute atomic E-state index is 9.70. The fourth-order valence-corrected chi connectivity index (χ4v) is 4.43. The number of nitrogens with zero attached hydrogens (tertiary/aromatic N) is 5. The van der Waals surface area contributed by atoms with E-state index in [1.807, 2.05) is 6.92 Å². The van der Waals surface area contributed by atoms with Crippen molar-refractivity contribution < 1.29 is 4.74 Å². The fraction of sp³-hybridized carbons (Fsp3) is 0.364. The van der Waals surface area contributed by atoms with E-state index in [2.05, 4.69) is 46.3 Å². The molecule has 2 aromatic heterocycles. The lowest BCUT2D eigenvalue weighted by Gasteiger charge is -2.20. The zero-order chi connectivity index (χ0) is 20.3. The summed E-state index contributed by atoms with van der Waals surface area (Å²) in [7, 11) is 1.79. The van der Waals surface area contributed by atoms with Crippen LogP contribution in [0.1, 0.15) is 53.4 Å². The van der Waals surface area contributed by atoms with Crippen molar-refractivity contribution in [3.05, 3.63) is 52.5 Å². The SMILES string of the molecule is Cc1ccc2c(c1)[C@@H](C)Oc1nc(cnc1N)-c1c(nn(C)c1C#N)CC1CC21. The van der Waals surface area contributed by atoms with Gasteiger partial charge in [-0.1, -0.05) is 23.8 Å². The molecule has 29 heavy (non-hydrogen) atoms. The summed E-state index contributed by atoms with van der Waals surface area (Å²) in [6.45, 7) is 4.11. The van der Waals surface area contributed by atoms with Gasteiger partial charge in [-0.3, -0.25) is 4.68 Å². The second-order valence-electron chi connectivity index (χ2n) is 8.05. The Hall–Kier alpha value is -3.40. The minimum atomic E-state index is -0.207. The molecular weight excluding hydrogens is 364 g/mol. The van der Waals surface area contributed by atoms with E-state index in [1.165, 1.54) is 16.7 Å². The molecule has 2 N–H and O–H groups in total. The molecule has 7 nitrogen and oxygen atoms in total. The molecule has 1 fully saturated rings. The number of hydrogen-bond acceptors (Lipinski definition) is 6. The Labute approximate surface area is 169 Å². The van der Waals surface area contributed by atoms with Gasteiger partial charge in [0.2, 0.25) is 0 Å². The Kier molecular flexibility index (Phi) is 3.85. The van der Waals surface area contributed by atoms with Crippen LogP contribution in [0.4, 0.5) is 5.82 Å². The first-order valence-corrected chi connectivity index (χ1v) is 9.82. The van der Waals surface area contributed by atoms with Gasteiger partial charge in [0.25, 0.3) is 5.88 Å². The monoisotopic (exact) mass is 386 g/mol. The van der Waals surface area contributed by atoms with Crippen molar-refractivity contribution in [1.82, 2.24) is 19.7 Å². The van der Waals surface area contributed by atoms with Crippen LogP contribution in [-0.2, 0) is 13.5 Å². The molecule has 2 bridgehead atoms. The quantitative estimate of drug-likeness (QED) is 0.635. The van der Waals surface area contributed by atoms with Crippen LogP contribution >= 0.6 is 0 Å². The number of nitrogen functional groups attached to an aromatic ring is 1. The molecule has 2 unspecified atom stereocenters. The van der Waals surface area contributed by atoms with E-state index < -0.39 is 0 Å². The number of rotatable bonds is 0. The van der Waals surface area contributed by atoms with Crippen LogP contribution in [0.3, 0.4) is 0 Å². The summed E-state index contributed by atoms with van der Waals surface area (Å²) in [5, 5.41) is 14.3. The van der Waals surface area contributed by atoms with E-state index in [-0.39, 0.29) is 17.8 Å². The molecule has 1 aliphatic heterocycles. The molecule has 7 heteroatoms. The predicted octanol–water partition coefficient (Wildman–Crippen LogP) is 3.44. The molecule has 3 atom stereocenters. The second-order valence-corrected chi connectivity index (χ2v) is 8.05. The summed E-state index contributed by atoms with van der Waals surface area (Å²) in [5.41, 5.74) is 12.4. The molecule has 0 amide bonds. The predicted molar refractivity (Wildman–Crippen MR) is 108 cm³/mol. The number of anilines is 1. The minimum Gasteiger partial charge on any atom is -0.467 e. The van der Waals surface area contributed by atoms with Crippen molar-refractivity contribution in [3.63, 3.8) is 0 Å². The maximum atomic E-state index is 9.70. The fourth-order valence-electron chi connectivity index (χ4n) is 4.43. The summed E-state index contributed by atoms with van der Waals surface area (Å²) >= 11 is 0. The first-order valence-electron chi connectivity index (χ1n) is 9.82. The summed E-state index contributed by atoms with van der Waals surface area (Å²) in [6, 6.07) is 8.82. The van der Waals surface area contributed by atoms with Crippen molar-refractivity contribution in [1.29, 1.82) is 5.26 Å². The summed E-state index contributed by atoms with van der Waals surface area (Å²) in [5.74, 6) is 1.48. The first kappa shape index (κ1) is 17.7. The van der Waals surface area contributed by atoms with Crippen molar-refractivity contribution in [2.75, 3.05) is 5.73 Å². The van der Waals surface area contributed by atoms with Crippen molar-refractivity contribution >= 4 is 5.82 Å². The molecule has 146 valence electrons. The van der Waals surface area contributed by atoms with E-state index >= 15 is 0 Å². The molecule has 1 aliphatic carbocycles. The van der Waals surface area contributed by atoms with Crippen LogP contribution in [0.2, 0.25) is 0 Å². The molecule has 1 aromatic carbocycles. The van der Waals surface area contributed by atoms with Crippen LogP contribution in [0.15, 0.2) is 24.4 Å². The van der Waals surface area contributed by atoms with Crippen molar-refractivity contribution in [3.8, 4) is 23.2 Å². The molecule has 0 spiro atoms.